The van der Waals surface area contributed by atoms with Crippen molar-refractivity contribution in [1.29, 1.82) is 0 Å². The quantitative estimate of drug-likeness (QED) is 0.356. The lowest BCUT2D eigenvalue weighted by Crippen LogP contribution is -2.09. The van der Waals surface area contributed by atoms with Crippen LogP contribution in [-0.2, 0) is 16.0 Å². The third-order valence-corrected chi connectivity index (χ3v) is 3.74. The first-order valence-electron chi connectivity index (χ1n) is 8.92. The minimum absolute atomic E-state index is 0.170. The highest BCUT2D eigenvalue weighted by atomic mass is 16.5. The van der Waals surface area contributed by atoms with Crippen molar-refractivity contribution >= 4 is 34.7 Å². The second-order valence-electron chi connectivity index (χ2n) is 6.19. The number of aliphatic carboxylic acids is 1. The first-order valence-corrected chi connectivity index (χ1v) is 8.92. The van der Waals surface area contributed by atoms with E-state index in [0.29, 0.717) is 47.8 Å². The van der Waals surface area contributed by atoms with E-state index in [4.69, 9.17) is 32.8 Å². The van der Waals surface area contributed by atoms with Crippen molar-refractivity contribution < 1.29 is 19.4 Å². The number of hydrogen-bond donors (Lipinski definition) is 5. The number of carboxylic acid groups (broad SMARTS) is 1. The molecule has 8 heteroatoms. The molecule has 2 aromatic rings. The highest BCUT2D eigenvalue weighted by Gasteiger charge is 2.10. The van der Waals surface area contributed by atoms with E-state index in [2.05, 4.69) is 0 Å². The van der Waals surface area contributed by atoms with Crippen molar-refractivity contribution in [3.63, 3.8) is 0 Å². The fourth-order valence-electron chi connectivity index (χ4n) is 2.31. The van der Waals surface area contributed by atoms with Crippen LogP contribution in [-0.4, -0.2) is 23.7 Å². The van der Waals surface area contributed by atoms with Gasteiger partial charge in [-0.1, -0.05) is 13.0 Å². The average molecular weight is 388 g/mol. The van der Waals surface area contributed by atoms with E-state index in [1.54, 1.807) is 30.3 Å². The lowest BCUT2D eigenvalue weighted by atomic mass is 10.1. The van der Waals surface area contributed by atoms with Gasteiger partial charge in [0.1, 0.15) is 0 Å². The van der Waals surface area contributed by atoms with Gasteiger partial charge in [0.25, 0.3) is 0 Å². The summed E-state index contributed by atoms with van der Waals surface area (Å²) < 4.78 is 4.94. The molecule has 0 heterocycles. The average Bonchev–Trinajstić information content (AvgIpc) is 2.62. The first kappa shape index (κ1) is 22.6. The lowest BCUT2D eigenvalue weighted by Gasteiger charge is -2.06. The summed E-state index contributed by atoms with van der Waals surface area (Å²) in [5.41, 5.74) is 25.8. The summed E-state index contributed by atoms with van der Waals surface area (Å²) in [6, 6.07) is 10.0. The van der Waals surface area contributed by atoms with Crippen LogP contribution in [0.25, 0.3) is 0 Å². The molecule has 9 N–H and O–H groups in total. The first-order chi connectivity index (χ1) is 13.2. The molecule has 0 saturated carbocycles. The van der Waals surface area contributed by atoms with Gasteiger partial charge in [-0.05, 0) is 55.2 Å². The largest absolute Gasteiger partial charge is 0.481 e. The van der Waals surface area contributed by atoms with Crippen molar-refractivity contribution in [2.24, 2.45) is 0 Å². The number of carbonyl (C=O) groups is 2. The smallest absolute Gasteiger partial charge is 0.340 e. The van der Waals surface area contributed by atoms with Crippen LogP contribution < -0.4 is 22.9 Å². The van der Waals surface area contributed by atoms with Crippen LogP contribution in [0.1, 0.15) is 42.1 Å². The predicted molar refractivity (Wildman–Crippen MR) is 112 cm³/mol. The Morgan fingerprint density at radius 1 is 0.964 bits per heavy atom. The molecule has 152 valence electrons. The van der Waals surface area contributed by atoms with Crippen molar-refractivity contribution in [3.05, 3.63) is 47.5 Å². The maximum atomic E-state index is 11.4. The number of nitrogens with two attached hydrogens (primary N) is 4. The minimum atomic E-state index is -0.779. The SMILES string of the molecule is CCCOC(=O)c1ccc(N)cc1N.Nc1ccc(CCCC(=O)O)c(N)c1. The molecular formula is C20H28N4O4. The maximum absolute atomic E-state index is 11.4. The Balaban J connectivity index is 0.000000280. The van der Waals surface area contributed by atoms with Gasteiger partial charge in [-0.2, -0.15) is 0 Å². The number of carboxylic acids is 1. The number of anilines is 4. The summed E-state index contributed by atoms with van der Waals surface area (Å²) >= 11 is 0. The Morgan fingerprint density at radius 2 is 1.57 bits per heavy atom. The molecule has 0 bridgehead atoms. The number of benzene rings is 2. The van der Waals surface area contributed by atoms with E-state index in [1.807, 2.05) is 13.0 Å². The van der Waals surface area contributed by atoms with E-state index in [0.717, 1.165) is 12.0 Å². The summed E-state index contributed by atoms with van der Waals surface area (Å²) in [6.07, 6.45) is 2.24. The molecule has 0 spiro atoms. The van der Waals surface area contributed by atoms with Gasteiger partial charge >= 0.3 is 11.9 Å². The highest BCUT2D eigenvalue weighted by molar-refractivity contribution is 5.95. The van der Waals surface area contributed by atoms with Crippen LogP contribution in [0.5, 0.6) is 0 Å². The number of esters is 1. The number of aryl methyl sites for hydroxylation is 1. The number of carbonyl (C=O) groups excluding carboxylic acids is 1. The Hall–Kier alpha value is -3.42. The van der Waals surface area contributed by atoms with Crippen LogP contribution in [0.2, 0.25) is 0 Å². The van der Waals surface area contributed by atoms with E-state index in [1.165, 1.54) is 0 Å². The summed E-state index contributed by atoms with van der Waals surface area (Å²) in [5, 5.41) is 8.45. The second kappa shape index (κ2) is 11.3. The van der Waals surface area contributed by atoms with E-state index in [-0.39, 0.29) is 6.42 Å². The van der Waals surface area contributed by atoms with E-state index >= 15 is 0 Å². The maximum Gasteiger partial charge on any atom is 0.340 e. The highest BCUT2D eigenvalue weighted by Crippen LogP contribution is 2.18. The van der Waals surface area contributed by atoms with Gasteiger partial charge < -0.3 is 32.8 Å². The van der Waals surface area contributed by atoms with Crippen molar-refractivity contribution in [2.45, 2.75) is 32.6 Å². The Kier molecular flexibility index (Phi) is 9.15. The number of ether oxygens (including phenoxy) is 1. The van der Waals surface area contributed by atoms with Gasteiger partial charge in [-0.25, -0.2) is 4.79 Å². The molecule has 0 aliphatic rings. The molecule has 0 fully saturated rings. The van der Waals surface area contributed by atoms with Gasteiger partial charge in [0, 0.05) is 29.2 Å². The van der Waals surface area contributed by atoms with Gasteiger partial charge in [0.15, 0.2) is 0 Å². The lowest BCUT2D eigenvalue weighted by molar-refractivity contribution is -0.137. The summed E-state index contributed by atoms with van der Waals surface area (Å²) in [5.74, 6) is -1.18. The standard InChI is InChI=1S/2C10H14N2O2/c1-2-5-14-10(13)8-4-3-7(11)6-9(8)12;11-8-5-4-7(9(12)6-8)2-1-3-10(13)14/h3-4,6H,2,5,11-12H2,1H3;4-6H,1-3,11-12H2,(H,13,14). The normalized spacial score (nSPS) is 9.89. The molecule has 0 unspecified atom stereocenters. The number of rotatable bonds is 7. The van der Waals surface area contributed by atoms with Crippen molar-refractivity contribution in [1.82, 2.24) is 0 Å². The van der Waals surface area contributed by atoms with E-state index in [9.17, 15) is 9.59 Å². The fraction of sp³-hybridized carbons (Fsp3) is 0.300. The molecule has 0 aromatic heterocycles. The fourth-order valence-corrected chi connectivity index (χ4v) is 2.31. The topological polar surface area (TPSA) is 168 Å². The van der Waals surface area contributed by atoms with E-state index < -0.39 is 11.9 Å². The van der Waals surface area contributed by atoms with Gasteiger partial charge in [0.2, 0.25) is 0 Å². The van der Waals surface area contributed by atoms with Crippen molar-refractivity contribution in [3.8, 4) is 0 Å². The molecule has 0 radical (unpaired) electrons. The second-order valence-corrected chi connectivity index (χ2v) is 6.19. The molecule has 0 aliphatic carbocycles. The Labute approximate surface area is 164 Å². The number of nitrogen functional groups attached to an aromatic ring is 4. The molecule has 2 aromatic carbocycles. The predicted octanol–water partition coefficient (Wildman–Crippen LogP) is 2.68. The zero-order chi connectivity index (χ0) is 21.1. The summed E-state index contributed by atoms with van der Waals surface area (Å²) in [6.45, 7) is 2.34. The monoisotopic (exact) mass is 388 g/mol. The minimum Gasteiger partial charge on any atom is -0.481 e. The van der Waals surface area contributed by atoms with Crippen LogP contribution in [0, 0.1) is 0 Å². The third-order valence-electron chi connectivity index (χ3n) is 3.74. The third kappa shape index (κ3) is 7.86. The number of hydrogen-bond acceptors (Lipinski definition) is 7. The Bertz CT molecular complexity index is 809. The Morgan fingerprint density at radius 3 is 2.11 bits per heavy atom. The molecule has 0 amide bonds. The zero-order valence-electron chi connectivity index (χ0n) is 16.0. The molecular weight excluding hydrogens is 360 g/mol. The summed E-state index contributed by atoms with van der Waals surface area (Å²) in [4.78, 5) is 21.7. The van der Waals surface area contributed by atoms with Gasteiger partial charge in [-0.15, -0.1) is 0 Å². The van der Waals surface area contributed by atoms with Crippen LogP contribution in [0.15, 0.2) is 36.4 Å². The van der Waals surface area contributed by atoms with Crippen LogP contribution in [0.3, 0.4) is 0 Å². The zero-order valence-corrected chi connectivity index (χ0v) is 16.0. The molecule has 0 aliphatic heterocycles. The van der Waals surface area contributed by atoms with Crippen molar-refractivity contribution in [2.75, 3.05) is 29.5 Å². The summed E-state index contributed by atoms with van der Waals surface area (Å²) in [7, 11) is 0. The molecule has 2 rings (SSSR count). The van der Waals surface area contributed by atoms with Crippen LogP contribution >= 0.6 is 0 Å². The van der Waals surface area contributed by atoms with Gasteiger partial charge in [0.05, 0.1) is 12.2 Å². The van der Waals surface area contributed by atoms with Crippen LogP contribution in [0.4, 0.5) is 22.7 Å². The molecule has 28 heavy (non-hydrogen) atoms. The molecule has 0 atom stereocenters. The molecule has 0 saturated heterocycles. The molecule has 8 nitrogen and oxygen atoms in total. The van der Waals surface area contributed by atoms with Gasteiger partial charge in [-0.3, -0.25) is 4.79 Å².